The van der Waals surface area contributed by atoms with Crippen LogP contribution in [-0.4, -0.2) is 148 Å². The minimum Gasteiger partial charge on any atom is -0.507 e. The van der Waals surface area contributed by atoms with E-state index in [2.05, 4.69) is 63.9 Å². The molecule has 3 aromatic carbocycles. The van der Waals surface area contributed by atoms with Crippen LogP contribution in [0.25, 0.3) is 44.6 Å². The summed E-state index contributed by atoms with van der Waals surface area (Å²) in [4.78, 5) is 31.6. The maximum Gasteiger partial charge on any atom is 0.165 e. The highest BCUT2D eigenvalue weighted by atomic mass is 19.1. The van der Waals surface area contributed by atoms with Crippen molar-refractivity contribution in [1.29, 1.82) is 0 Å². The van der Waals surface area contributed by atoms with Crippen LogP contribution in [0.2, 0.25) is 0 Å². The third-order valence-electron chi connectivity index (χ3n) is 16.6. The number of benzene rings is 3. The molecule has 0 spiro atoms. The number of halogens is 2. The first-order valence-electron chi connectivity index (χ1n) is 27.4. The van der Waals surface area contributed by atoms with Gasteiger partial charge >= 0.3 is 0 Å². The Kier molecular flexibility index (Phi) is 15.7. The van der Waals surface area contributed by atoms with Crippen molar-refractivity contribution in [2.75, 3.05) is 83.2 Å². The van der Waals surface area contributed by atoms with Gasteiger partial charge < -0.3 is 36.4 Å². The fourth-order valence-corrected chi connectivity index (χ4v) is 11.9. The molecule has 18 nitrogen and oxygen atoms in total. The van der Waals surface area contributed by atoms with Gasteiger partial charge in [-0.3, -0.25) is 14.8 Å². The number of fused-ring (bicyclic) bond motifs is 2. The molecular formula is C58H70F2N16O2. The summed E-state index contributed by atoms with van der Waals surface area (Å²) in [5.74, 6) is 0.228. The van der Waals surface area contributed by atoms with Gasteiger partial charge in [-0.05, 0) is 126 Å². The van der Waals surface area contributed by atoms with Crippen molar-refractivity contribution >= 4 is 39.4 Å². The van der Waals surface area contributed by atoms with Gasteiger partial charge in [0.2, 0.25) is 0 Å². The second-order valence-corrected chi connectivity index (χ2v) is 21.5. The number of piperazine rings is 2. The van der Waals surface area contributed by atoms with Crippen LogP contribution in [0.5, 0.6) is 11.5 Å². The number of anilines is 3. The molecule has 0 radical (unpaired) electrons. The second-order valence-electron chi connectivity index (χ2n) is 21.5. The van der Waals surface area contributed by atoms with Gasteiger partial charge in [-0.15, -0.1) is 0 Å². The molecule has 6 N–H and O–H groups in total. The molecule has 2 aliphatic carbocycles. The number of pyridine rings is 1. The van der Waals surface area contributed by atoms with E-state index in [4.69, 9.17) is 26.4 Å². The molecule has 7 heterocycles. The van der Waals surface area contributed by atoms with Gasteiger partial charge in [0.05, 0.1) is 28.5 Å². The normalized spacial score (nSPS) is 20.9. The molecule has 0 bridgehead atoms. The molecule has 2 saturated carbocycles. The maximum atomic E-state index is 15.3. The standard InChI is InChI=1S/C30H37FN8O.C28H33FN8O/c1-19-4-3-5-21(28(19)40)17-33-25-11-6-20(16-24(25)31)27-26-29(32)34-18-35-30(26)39(36-27)23-9-7-22(8-10-23)38-14-12-37(2)13-15-38;1-35-12-14-36(15-13-35)21-3-5-22(6-4-21)37-28-25(27(30)32-18-33-28)26(34-37)20-2-7-24(23(29)16-20)38-17-19-8-10-31-11-9-19/h3-6,11,16,18,22-23,33,40H,7-10,12-15,17H2,1-2H3,(H2,32,34,35);2,7-11,16,18,21-22H,3-6,12-15,17H2,1H3,(H2,30,32,33). The quantitative estimate of drug-likeness (QED) is 0.0905. The van der Waals surface area contributed by atoms with E-state index in [1.165, 1.54) is 24.8 Å². The molecule has 0 unspecified atom stereocenters. The van der Waals surface area contributed by atoms with Gasteiger partial charge in [-0.2, -0.15) is 10.2 Å². The number of likely N-dealkylation sites (N-methyl/N-ethyl adjacent to an activating group) is 2. The van der Waals surface area contributed by atoms with Crippen LogP contribution in [0.4, 0.5) is 26.1 Å². The van der Waals surface area contributed by atoms with Crippen molar-refractivity contribution in [3.05, 3.63) is 120 Å². The first-order valence-corrected chi connectivity index (χ1v) is 27.4. The van der Waals surface area contributed by atoms with E-state index in [0.29, 0.717) is 86.1 Å². The van der Waals surface area contributed by atoms with Gasteiger partial charge in [-0.1, -0.05) is 24.3 Å². The third-order valence-corrected chi connectivity index (χ3v) is 16.6. The summed E-state index contributed by atoms with van der Waals surface area (Å²) in [7, 11) is 4.38. The summed E-state index contributed by atoms with van der Waals surface area (Å²) < 4.78 is 40.1. The minimum absolute atomic E-state index is 0.181. The zero-order valence-electron chi connectivity index (χ0n) is 44.8. The molecule has 5 aromatic heterocycles. The highest BCUT2D eigenvalue weighted by Crippen LogP contribution is 2.40. The van der Waals surface area contributed by atoms with E-state index in [0.717, 1.165) is 115 Å². The summed E-state index contributed by atoms with van der Waals surface area (Å²) in [5, 5.41) is 24.6. The van der Waals surface area contributed by atoms with E-state index in [-0.39, 0.29) is 30.2 Å². The lowest BCUT2D eigenvalue weighted by atomic mass is 9.90. The molecule has 4 fully saturated rings. The van der Waals surface area contributed by atoms with E-state index in [1.54, 1.807) is 24.5 Å². The SMILES string of the molecule is CN1CCN(C2CCC(n3nc(-c4ccc(OCc5ccncc5)c(F)c4)c4c(N)ncnc43)CC2)CC1.Cc1cccc(CNc2ccc(-c3nn(C4CCC(N5CCN(C)CC5)CC4)c4ncnc(N)c34)cc2F)c1O. The molecule has 78 heavy (non-hydrogen) atoms. The number of ether oxygens (including phenoxy) is 1. The van der Waals surface area contributed by atoms with Crippen molar-refractivity contribution in [3.63, 3.8) is 0 Å². The van der Waals surface area contributed by atoms with Crippen LogP contribution in [0.1, 0.15) is 80.1 Å². The number of phenolic OH excluding ortho intramolecular Hbond substituents is 1. The predicted octanol–water partition coefficient (Wildman–Crippen LogP) is 8.49. The number of nitrogens with one attached hydrogen (secondary N) is 1. The smallest absolute Gasteiger partial charge is 0.165 e. The van der Waals surface area contributed by atoms with Crippen molar-refractivity contribution in [3.8, 4) is 34.0 Å². The molecule has 20 heteroatoms. The lowest BCUT2D eigenvalue weighted by molar-refractivity contribution is 0.0815. The predicted molar refractivity (Wildman–Crippen MR) is 300 cm³/mol. The Hall–Kier alpha value is -7.39. The van der Waals surface area contributed by atoms with E-state index in [9.17, 15) is 5.11 Å². The number of para-hydroxylation sites is 1. The molecule has 12 rings (SSSR count). The molecule has 2 saturated heterocycles. The molecular weight excluding hydrogens is 991 g/mol. The van der Waals surface area contributed by atoms with Crippen LogP contribution in [0.15, 0.2) is 91.8 Å². The zero-order chi connectivity index (χ0) is 53.9. The molecule has 0 amide bonds. The molecule has 8 aromatic rings. The number of hydrogen-bond acceptors (Lipinski definition) is 16. The van der Waals surface area contributed by atoms with Crippen molar-refractivity contribution in [2.45, 2.75) is 95.6 Å². The minimum atomic E-state index is -0.456. The number of aromatic hydroxyl groups is 1. The number of hydrogen-bond donors (Lipinski definition) is 4. The number of nitrogen functional groups attached to an aromatic ring is 2. The van der Waals surface area contributed by atoms with Gasteiger partial charge in [-0.25, -0.2) is 38.1 Å². The highest BCUT2D eigenvalue weighted by molar-refractivity contribution is 5.99. The summed E-state index contributed by atoms with van der Waals surface area (Å²) in [6.45, 7) is 11.5. The van der Waals surface area contributed by atoms with Gasteiger partial charge in [0.1, 0.15) is 53.9 Å². The lowest BCUT2D eigenvalue weighted by Gasteiger charge is -2.41. The Balaban J connectivity index is 0.000000166. The summed E-state index contributed by atoms with van der Waals surface area (Å²) in [5.41, 5.74) is 19.2. The Morgan fingerprint density at radius 2 is 1.12 bits per heavy atom. The van der Waals surface area contributed by atoms with Crippen LogP contribution in [0, 0.1) is 18.6 Å². The molecule has 4 aliphatic rings. The fourth-order valence-electron chi connectivity index (χ4n) is 11.9. The number of aryl methyl sites for hydroxylation is 1. The van der Waals surface area contributed by atoms with Crippen LogP contribution >= 0.6 is 0 Å². The number of aromatic nitrogens is 9. The fraction of sp³-hybridized carbons (Fsp3) is 0.431. The lowest BCUT2D eigenvalue weighted by Crippen LogP contribution is -2.49. The van der Waals surface area contributed by atoms with Gasteiger partial charge in [0.25, 0.3) is 0 Å². The van der Waals surface area contributed by atoms with E-state index < -0.39 is 11.6 Å². The average molecular weight is 1060 g/mol. The van der Waals surface area contributed by atoms with Crippen molar-refractivity contribution in [2.24, 2.45) is 0 Å². The Morgan fingerprint density at radius 3 is 1.63 bits per heavy atom. The van der Waals surface area contributed by atoms with Crippen LogP contribution < -0.4 is 21.5 Å². The zero-order valence-corrected chi connectivity index (χ0v) is 44.8. The van der Waals surface area contributed by atoms with Crippen LogP contribution in [-0.2, 0) is 13.2 Å². The number of phenols is 1. The maximum absolute atomic E-state index is 15.3. The van der Waals surface area contributed by atoms with Gasteiger partial charge in [0, 0.05) is 100 Å². The largest absolute Gasteiger partial charge is 0.507 e. The molecule has 2 aliphatic heterocycles. The summed E-state index contributed by atoms with van der Waals surface area (Å²) in [6, 6.07) is 20.8. The third kappa shape index (κ3) is 11.3. The first kappa shape index (κ1) is 52.7. The highest BCUT2D eigenvalue weighted by Gasteiger charge is 2.33. The number of nitrogens with two attached hydrogens (primary N) is 2. The monoisotopic (exact) mass is 1060 g/mol. The topological polar surface area (TPSA) is 207 Å². The Morgan fingerprint density at radius 1 is 0.615 bits per heavy atom. The summed E-state index contributed by atoms with van der Waals surface area (Å²) >= 11 is 0. The van der Waals surface area contributed by atoms with Crippen molar-refractivity contribution in [1.82, 2.24) is 64.1 Å². The van der Waals surface area contributed by atoms with Gasteiger partial charge in [0.15, 0.2) is 22.9 Å². The number of rotatable bonds is 12. The number of nitrogens with zero attached hydrogens (tertiary/aromatic N) is 13. The molecule has 408 valence electrons. The van der Waals surface area contributed by atoms with Crippen molar-refractivity contribution < 1.29 is 18.6 Å². The van der Waals surface area contributed by atoms with Crippen LogP contribution in [0.3, 0.4) is 0 Å². The Labute approximate surface area is 453 Å². The van der Waals surface area contributed by atoms with E-state index in [1.807, 2.05) is 58.8 Å². The average Bonchev–Trinajstić information content (AvgIpc) is 4.22. The first-order chi connectivity index (χ1) is 37.9. The summed E-state index contributed by atoms with van der Waals surface area (Å²) in [6.07, 6.45) is 14.9. The second kappa shape index (κ2) is 23.3. The molecule has 0 atom stereocenters. The van der Waals surface area contributed by atoms with E-state index >= 15 is 8.78 Å². The Bertz CT molecular complexity index is 3340.